The van der Waals surface area contributed by atoms with E-state index in [1.807, 2.05) is 4.90 Å². The fourth-order valence-corrected chi connectivity index (χ4v) is 5.75. The lowest BCUT2D eigenvalue weighted by Crippen LogP contribution is -2.48. The van der Waals surface area contributed by atoms with E-state index < -0.39 is 17.5 Å². The van der Waals surface area contributed by atoms with Gasteiger partial charge >= 0.3 is 5.97 Å². The molecule has 1 aliphatic heterocycles. The van der Waals surface area contributed by atoms with Crippen LogP contribution in [0, 0.1) is 26.9 Å². The predicted octanol–water partition coefficient (Wildman–Crippen LogP) is 2.92. The maximum atomic E-state index is 12.8. The Kier molecular flexibility index (Phi) is 5.87. The molecule has 3 unspecified atom stereocenters. The van der Waals surface area contributed by atoms with Gasteiger partial charge in [-0.25, -0.2) is 4.79 Å². The van der Waals surface area contributed by atoms with Crippen LogP contribution in [0.5, 0.6) is 0 Å². The van der Waals surface area contributed by atoms with E-state index in [2.05, 4.69) is 26.1 Å². The van der Waals surface area contributed by atoms with Gasteiger partial charge in [0, 0.05) is 31.3 Å². The Balaban J connectivity index is 1.43. The lowest BCUT2D eigenvalue weighted by atomic mass is 9.69. The first-order valence-corrected chi connectivity index (χ1v) is 11.2. The molecule has 174 valence electrons. The second-order valence-electron chi connectivity index (χ2n) is 9.86. The molecule has 0 spiro atoms. The second kappa shape index (κ2) is 8.35. The number of carbonyl (C=O) groups excluding carboxylic acids is 2. The topological polar surface area (TPSA) is 111 Å². The zero-order valence-corrected chi connectivity index (χ0v) is 18.9. The number of anilines is 1. The number of esters is 1. The molecule has 32 heavy (non-hydrogen) atoms. The summed E-state index contributed by atoms with van der Waals surface area (Å²) in [5.74, 6) is -0.502. The largest absolute Gasteiger partial charge is 0.452 e. The van der Waals surface area contributed by atoms with Crippen molar-refractivity contribution >= 4 is 23.3 Å². The third kappa shape index (κ3) is 3.83. The van der Waals surface area contributed by atoms with Crippen LogP contribution in [-0.4, -0.2) is 55.8 Å². The van der Waals surface area contributed by atoms with Crippen molar-refractivity contribution in [2.45, 2.75) is 46.1 Å². The van der Waals surface area contributed by atoms with Gasteiger partial charge in [0.05, 0.1) is 29.4 Å². The van der Waals surface area contributed by atoms with Crippen LogP contribution in [0.25, 0.3) is 0 Å². The van der Waals surface area contributed by atoms with Crippen LogP contribution in [0.15, 0.2) is 18.2 Å². The number of nitrogens with zero attached hydrogens (tertiary/aromatic N) is 2. The van der Waals surface area contributed by atoms with Gasteiger partial charge in [0.1, 0.15) is 0 Å². The van der Waals surface area contributed by atoms with E-state index >= 15 is 0 Å². The summed E-state index contributed by atoms with van der Waals surface area (Å²) in [6.45, 7) is 8.50. The van der Waals surface area contributed by atoms with E-state index in [1.54, 1.807) is 6.07 Å². The van der Waals surface area contributed by atoms with E-state index in [0.29, 0.717) is 37.9 Å². The summed E-state index contributed by atoms with van der Waals surface area (Å²) in [5, 5.41) is 14.3. The van der Waals surface area contributed by atoms with Crippen LogP contribution in [-0.2, 0) is 14.3 Å². The molecule has 2 saturated carbocycles. The number of ether oxygens (including phenoxy) is 2. The molecule has 2 aliphatic carbocycles. The summed E-state index contributed by atoms with van der Waals surface area (Å²) in [4.78, 5) is 38.0. The van der Waals surface area contributed by atoms with Crippen molar-refractivity contribution in [2.24, 2.45) is 16.7 Å². The normalized spacial score (nSPS) is 28.4. The molecular formula is C23H31N3O6. The Hall–Kier alpha value is -2.68. The monoisotopic (exact) mass is 445 g/mol. The average Bonchev–Trinajstić information content (AvgIpc) is 3.11. The van der Waals surface area contributed by atoms with Crippen molar-refractivity contribution in [3.63, 3.8) is 0 Å². The van der Waals surface area contributed by atoms with Gasteiger partial charge in [-0.2, -0.15) is 0 Å². The highest BCUT2D eigenvalue weighted by atomic mass is 16.6. The highest BCUT2D eigenvalue weighted by Crippen LogP contribution is 2.65. The second-order valence-corrected chi connectivity index (χ2v) is 9.86. The van der Waals surface area contributed by atoms with Crippen molar-refractivity contribution in [3.8, 4) is 0 Å². The number of amides is 1. The molecule has 1 heterocycles. The lowest BCUT2D eigenvalue weighted by Gasteiger charge is -2.39. The van der Waals surface area contributed by atoms with Crippen LogP contribution in [0.2, 0.25) is 0 Å². The number of morpholine rings is 1. The zero-order valence-electron chi connectivity index (χ0n) is 18.9. The Morgan fingerprint density at radius 1 is 1.28 bits per heavy atom. The zero-order chi connectivity index (χ0) is 23.1. The number of non-ortho nitro benzene ring substituents is 1. The molecule has 1 saturated heterocycles. The quantitative estimate of drug-likeness (QED) is 0.407. The summed E-state index contributed by atoms with van der Waals surface area (Å²) in [6.07, 6.45) is 3.20. The molecule has 2 bridgehead atoms. The van der Waals surface area contributed by atoms with Crippen LogP contribution < -0.4 is 10.2 Å². The number of rotatable bonds is 6. The van der Waals surface area contributed by atoms with E-state index in [-0.39, 0.29) is 34.0 Å². The minimum Gasteiger partial charge on any atom is -0.452 e. The maximum Gasteiger partial charge on any atom is 0.341 e. The fourth-order valence-electron chi connectivity index (χ4n) is 5.75. The lowest BCUT2D eigenvalue weighted by molar-refractivity contribution is -0.384. The minimum absolute atomic E-state index is 0.0287. The Morgan fingerprint density at radius 3 is 2.59 bits per heavy atom. The molecule has 0 aromatic heterocycles. The van der Waals surface area contributed by atoms with Crippen molar-refractivity contribution in [1.29, 1.82) is 0 Å². The number of hydrogen-bond donors (Lipinski definition) is 1. The molecule has 9 heteroatoms. The third-order valence-corrected chi connectivity index (χ3v) is 8.23. The van der Waals surface area contributed by atoms with Gasteiger partial charge in [-0.1, -0.05) is 20.8 Å². The molecule has 0 radical (unpaired) electrons. The summed E-state index contributed by atoms with van der Waals surface area (Å²) in [7, 11) is 0. The Labute approximate surface area is 187 Å². The van der Waals surface area contributed by atoms with Gasteiger partial charge in [-0.05, 0) is 42.1 Å². The van der Waals surface area contributed by atoms with Crippen molar-refractivity contribution in [1.82, 2.24) is 5.32 Å². The SMILES string of the molecule is CC1(C)C2CCC1(C)C(NC(=O)COC(=O)c1cc([N+](=O)[O-])ccc1N1CCOCC1)C2. The standard InChI is InChI=1S/C23H31N3O6/c1-22(2)15-6-7-23(22,3)19(12-15)24-20(27)14-32-21(28)17-13-16(26(29)30)4-5-18(17)25-8-10-31-11-9-25/h4-5,13,15,19H,6-12,14H2,1-3H3,(H,24,27). The molecule has 1 amide bonds. The summed E-state index contributed by atoms with van der Waals surface area (Å²) >= 11 is 0. The molecular weight excluding hydrogens is 414 g/mol. The molecule has 1 aromatic carbocycles. The molecule has 3 aliphatic rings. The molecule has 1 aromatic rings. The average molecular weight is 446 g/mol. The maximum absolute atomic E-state index is 12.8. The van der Waals surface area contributed by atoms with Gasteiger partial charge in [0.15, 0.2) is 6.61 Å². The Bertz CT molecular complexity index is 926. The number of nitro groups is 1. The van der Waals surface area contributed by atoms with Crippen LogP contribution in [0.4, 0.5) is 11.4 Å². The first-order chi connectivity index (χ1) is 15.1. The number of nitro benzene ring substituents is 1. The minimum atomic E-state index is -0.746. The van der Waals surface area contributed by atoms with E-state index in [4.69, 9.17) is 9.47 Å². The van der Waals surface area contributed by atoms with Crippen LogP contribution in [0.1, 0.15) is 50.4 Å². The van der Waals surface area contributed by atoms with Crippen molar-refractivity contribution in [3.05, 3.63) is 33.9 Å². The summed E-state index contributed by atoms with van der Waals surface area (Å²) in [6, 6.07) is 4.19. The van der Waals surface area contributed by atoms with E-state index in [1.165, 1.54) is 18.6 Å². The number of carbonyl (C=O) groups is 2. The molecule has 3 atom stereocenters. The summed E-state index contributed by atoms with van der Waals surface area (Å²) < 4.78 is 10.7. The first-order valence-electron chi connectivity index (χ1n) is 11.2. The van der Waals surface area contributed by atoms with Gasteiger partial charge in [-0.15, -0.1) is 0 Å². The van der Waals surface area contributed by atoms with Crippen LogP contribution >= 0.6 is 0 Å². The molecule has 3 fully saturated rings. The first kappa shape index (κ1) is 22.5. The molecule has 9 nitrogen and oxygen atoms in total. The smallest absolute Gasteiger partial charge is 0.341 e. The Morgan fingerprint density at radius 2 is 2.00 bits per heavy atom. The van der Waals surface area contributed by atoms with Gasteiger partial charge in [0.2, 0.25) is 0 Å². The van der Waals surface area contributed by atoms with Crippen molar-refractivity contribution < 1.29 is 24.0 Å². The predicted molar refractivity (Wildman–Crippen MR) is 118 cm³/mol. The van der Waals surface area contributed by atoms with Crippen molar-refractivity contribution in [2.75, 3.05) is 37.8 Å². The molecule has 4 rings (SSSR count). The summed E-state index contributed by atoms with van der Waals surface area (Å²) in [5.41, 5.74) is 0.627. The van der Waals surface area contributed by atoms with Gasteiger partial charge in [-0.3, -0.25) is 14.9 Å². The van der Waals surface area contributed by atoms with Gasteiger partial charge in [0.25, 0.3) is 11.6 Å². The highest BCUT2D eigenvalue weighted by Gasteiger charge is 2.61. The number of hydrogen-bond acceptors (Lipinski definition) is 7. The molecule has 1 N–H and O–H groups in total. The highest BCUT2D eigenvalue weighted by molar-refractivity contribution is 5.97. The van der Waals surface area contributed by atoms with Gasteiger partial charge < -0.3 is 19.7 Å². The third-order valence-electron chi connectivity index (χ3n) is 8.23. The fraction of sp³-hybridized carbons (Fsp3) is 0.652. The van der Waals surface area contributed by atoms with E-state index in [9.17, 15) is 19.7 Å². The van der Waals surface area contributed by atoms with Crippen LogP contribution in [0.3, 0.4) is 0 Å². The number of fused-ring (bicyclic) bond motifs is 2. The number of nitrogens with one attached hydrogen (secondary N) is 1. The number of benzene rings is 1. The van der Waals surface area contributed by atoms with E-state index in [0.717, 1.165) is 12.8 Å².